The van der Waals surface area contributed by atoms with Crippen molar-refractivity contribution in [2.45, 2.75) is 26.8 Å². The van der Waals surface area contributed by atoms with Crippen LogP contribution in [0.25, 0.3) is 0 Å². The standard InChI is InChI=1S/C8H16ClNO/c1-6(2)10(4)8(11)7(3)5-9/h6-7H,5H2,1-4H3. The van der Waals surface area contributed by atoms with E-state index in [1.54, 1.807) is 11.9 Å². The SMILES string of the molecule is CC(CCl)C(=O)N(C)C(C)C. The number of carbonyl (C=O) groups is 1. The van der Waals surface area contributed by atoms with E-state index in [0.717, 1.165) is 0 Å². The first kappa shape index (κ1) is 10.8. The van der Waals surface area contributed by atoms with E-state index in [4.69, 9.17) is 11.6 Å². The van der Waals surface area contributed by atoms with Crippen molar-refractivity contribution in [2.24, 2.45) is 5.92 Å². The minimum absolute atomic E-state index is 0.0657. The van der Waals surface area contributed by atoms with Crippen LogP contribution in [-0.2, 0) is 4.79 Å². The van der Waals surface area contributed by atoms with Gasteiger partial charge in [-0.3, -0.25) is 4.79 Å². The van der Waals surface area contributed by atoms with E-state index in [1.807, 2.05) is 20.8 Å². The van der Waals surface area contributed by atoms with E-state index in [-0.39, 0.29) is 17.9 Å². The molecule has 0 aromatic heterocycles. The van der Waals surface area contributed by atoms with Crippen LogP contribution in [0.2, 0.25) is 0 Å². The number of carbonyl (C=O) groups excluding carboxylic acids is 1. The number of nitrogens with zero attached hydrogens (tertiary/aromatic N) is 1. The fourth-order valence-corrected chi connectivity index (χ4v) is 0.800. The average molecular weight is 178 g/mol. The minimum atomic E-state index is -0.0657. The van der Waals surface area contributed by atoms with Crippen LogP contribution in [0.1, 0.15) is 20.8 Å². The molecule has 0 heterocycles. The van der Waals surface area contributed by atoms with Crippen LogP contribution in [0.5, 0.6) is 0 Å². The van der Waals surface area contributed by atoms with Crippen molar-refractivity contribution < 1.29 is 4.79 Å². The zero-order valence-electron chi connectivity index (χ0n) is 7.60. The molecule has 11 heavy (non-hydrogen) atoms. The smallest absolute Gasteiger partial charge is 0.226 e. The number of hydrogen-bond donors (Lipinski definition) is 0. The molecule has 0 rings (SSSR count). The van der Waals surface area contributed by atoms with Crippen molar-refractivity contribution in [2.75, 3.05) is 12.9 Å². The third kappa shape index (κ3) is 3.10. The Bertz CT molecular complexity index is 136. The number of halogens is 1. The number of hydrogen-bond acceptors (Lipinski definition) is 1. The van der Waals surface area contributed by atoms with Gasteiger partial charge in [0.1, 0.15) is 0 Å². The van der Waals surface area contributed by atoms with Crippen LogP contribution < -0.4 is 0 Å². The van der Waals surface area contributed by atoms with Crippen LogP contribution in [0.15, 0.2) is 0 Å². The summed E-state index contributed by atoms with van der Waals surface area (Å²) in [6, 6.07) is 0.258. The topological polar surface area (TPSA) is 20.3 Å². The Morgan fingerprint density at radius 3 is 2.18 bits per heavy atom. The molecule has 0 saturated heterocycles. The number of alkyl halides is 1. The molecule has 0 bridgehead atoms. The van der Waals surface area contributed by atoms with Crippen molar-refractivity contribution >= 4 is 17.5 Å². The monoisotopic (exact) mass is 177 g/mol. The van der Waals surface area contributed by atoms with Gasteiger partial charge in [-0.25, -0.2) is 0 Å². The van der Waals surface area contributed by atoms with Crippen molar-refractivity contribution in [3.8, 4) is 0 Å². The highest BCUT2D eigenvalue weighted by Crippen LogP contribution is 2.05. The van der Waals surface area contributed by atoms with Gasteiger partial charge in [-0.05, 0) is 13.8 Å². The Labute approximate surface area is 73.5 Å². The maximum atomic E-state index is 11.4. The predicted octanol–water partition coefficient (Wildman–Crippen LogP) is 1.73. The average Bonchev–Trinajstić information content (AvgIpc) is 2.00. The molecular weight excluding hydrogens is 162 g/mol. The molecule has 3 heteroatoms. The van der Waals surface area contributed by atoms with E-state index in [1.165, 1.54) is 0 Å². The summed E-state index contributed by atoms with van der Waals surface area (Å²) in [5.74, 6) is 0.453. The Kier molecular flexibility index (Phi) is 4.50. The molecule has 0 aliphatic carbocycles. The summed E-state index contributed by atoms with van der Waals surface area (Å²) < 4.78 is 0. The van der Waals surface area contributed by atoms with Crippen molar-refractivity contribution in [1.82, 2.24) is 4.90 Å². The molecule has 0 fully saturated rings. The molecule has 0 aliphatic rings. The number of amides is 1. The Morgan fingerprint density at radius 1 is 1.45 bits per heavy atom. The molecule has 1 amide bonds. The van der Waals surface area contributed by atoms with Crippen LogP contribution >= 0.6 is 11.6 Å². The maximum Gasteiger partial charge on any atom is 0.226 e. The molecule has 0 N–H and O–H groups in total. The second-order valence-corrected chi connectivity index (χ2v) is 3.41. The molecular formula is C8H16ClNO. The summed E-state index contributed by atoms with van der Waals surface area (Å²) in [6.45, 7) is 5.81. The second-order valence-electron chi connectivity index (χ2n) is 3.10. The Hall–Kier alpha value is -0.240. The molecule has 0 saturated carbocycles. The summed E-state index contributed by atoms with van der Waals surface area (Å²) >= 11 is 5.55. The highest BCUT2D eigenvalue weighted by atomic mass is 35.5. The third-order valence-corrected chi connectivity index (χ3v) is 2.24. The van der Waals surface area contributed by atoms with Crippen LogP contribution in [0.4, 0.5) is 0 Å². The molecule has 2 nitrogen and oxygen atoms in total. The van der Waals surface area contributed by atoms with Gasteiger partial charge in [0.15, 0.2) is 0 Å². The molecule has 0 aromatic carbocycles. The van der Waals surface area contributed by atoms with E-state index in [2.05, 4.69) is 0 Å². The highest BCUT2D eigenvalue weighted by molar-refractivity contribution is 6.19. The third-order valence-electron chi connectivity index (χ3n) is 1.78. The van der Waals surface area contributed by atoms with Crippen molar-refractivity contribution in [3.05, 3.63) is 0 Å². The first-order chi connectivity index (χ1) is 5.00. The van der Waals surface area contributed by atoms with E-state index >= 15 is 0 Å². The second kappa shape index (κ2) is 4.60. The number of rotatable bonds is 3. The summed E-state index contributed by atoms with van der Waals surface area (Å²) in [4.78, 5) is 13.1. The van der Waals surface area contributed by atoms with Gasteiger partial charge >= 0.3 is 0 Å². The van der Waals surface area contributed by atoms with Crippen molar-refractivity contribution in [3.63, 3.8) is 0 Å². The van der Waals surface area contributed by atoms with Crippen molar-refractivity contribution in [1.29, 1.82) is 0 Å². The Morgan fingerprint density at radius 2 is 1.91 bits per heavy atom. The quantitative estimate of drug-likeness (QED) is 0.602. The summed E-state index contributed by atoms with van der Waals surface area (Å²) in [5, 5.41) is 0. The first-order valence-corrected chi connectivity index (χ1v) is 4.36. The molecule has 66 valence electrons. The fourth-order valence-electron chi connectivity index (χ4n) is 0.668. The van der Waals surface area contributed by atoms with Crippen LogP contribution in [0.3, 0.4) is 0 Å². The highest BCUT2D eigenvalue weighted by Gasteiger charge is 2.17. The van der Waals surface area contributed by atoms with Crippen LogP contribution in [0, 0.1) is 5.92 Å². The summed E-state index contributed by atoms with van der Waals surface area (Å²) in [7, 11) is 1.80. The molecule has 0 radical (unpaired) electrons. The summed E-state index contributed by atoms with van der Waals surface area (Å²) in [5.41, 5.74) is 0. The first-order valence-electron chi connectivity index (χ1n) is 3.83. The van der Waals surface area contributed by atoms with Gasteiger partial charge < -0.3 is 4.90 Å². The van der Waals surface area contributed by atoms with Gasteiger partial charge in [0.2, 0.25) is 5.91 Å². The fraction of sp³-hybridized carbons (Fsp3) is 0.875. The largest absolute Gasteiger partial charge is 0.343 e. The zero-order chi connectivity index (χ0) is 9.02. The lowest BCUT2D eigenvalue weighted by molar-refractivity contribution is -0.134. The molecule has 0 aliphatic heterocycles. The van der Waals surface area contributed by atoms with E-state index in [0.29, 0.717) is 5.88 Å². The predicted molar refractivity (Wildman–Crippen MR) is 47.8 cm³/mol. The zero-order valence-corrected chi connectivity index (χ0v) is 8.35. The van der Waals surface area contributed by atoms with Gasteiger partial charge in [0.25, 0.3) is 0 Å². The van der Waals surface area contributed by atoms with Gasteiger partial charge in [-0.1, -0.05) is 6.92 Å². The summed E-state index contributed by atoms with van der Waals surface area (Å²) in [6.07, 6.45) is 0. The molecule has 1 atom stereocenters. The van der Waals surface area contributed by atoms with Gasteiger partial charge in [-0.2, -0.15) is 0 Å². The normalized spacial score (nSPS) is 13.3. The molecule has 1 unspecified atom stereocenters. The minimum Gasteiger partial charge on any atom is -0.343 e. The lowest BCUT2D eigenvalue weighted by atomic mass is 10.2. The van der Waals surface area contributed by atoms with E-state index < -0.39 is 0 Å². The van der Waals surface area contributed by atoms with Gasteiger partial charge in [0, 0.05) is 24.9 Å². The lowest BCUT2D eigenvalue weighted by Crippen LogP contribution is -2.37. The molecule has 0 spiro atoms. The molecule has 0 aromatic rings. The van der Waals surface area contributed by atoms with E-state index in [9.17, 15) is 4.79 Å². The Balaban J connectivity index is 4.02. The lowest BCUT2D eigenvalue weighted by Gasteiger charge is -2.23. The maximum absolute atomic E-state index is 11.4. The van der Waals surface area contributed by atoms with Crippen LogP contribution in [-0.4, -0.2) is 29.8 Å². The van der Waals surface area contributed by atoms with Gasteiger partial charge in [0.05, 0.1) is 0 Å². The van der Waals surface area contributed by atoms with Gasteiger partial charge in [-0.15, -0.1) is 11.6 Å².